The Hall–Kier alpha value is -3.59. The molecule has 2 aromatic carbocycles. The Balaban J connectivity index is 1.55. The number of hydrogen-bond donors (Lipinski definition) is 2. The Bertz CT molecular complexity index is 1150. The number of aryl methyl sites for hydroxylation is 1. The molecule has 2 amide bonds. The zero-order valence-corrected chi connectivity index (χ0v) is 19.1. The van der Waals surface area contributed by atoms with Crippen molar-refractivity contribution in [2.75, 3.05) is 20.3 Å². The van der Waals surface area contributed by atoms with Crippen LogP contribution in [0.2, 0.25) is 0 Å². The summed E-state index contributed by atoms with van der Waals surface area (Å²) in [4.78, 5) is 30.2. The molecular weight excluding hydrogens is 439 g/mol. The molecule has 34 heavy (non-hydrogen) atoms. The van der Waals surface area contributed by atoms with Gasteiger partial charge in [0.25, 0.3) is 5.91 Å². The molecule has 178 valence electrons. The maximum absolute atomic E-state index is 14.0. The molecule has 0 spiro atoms. The van der Waals surface area contributed by atoms with E-state index in [1.54, 1.807) is 26.2 Å². The molecule has 0 bridgehead atoms. The SMILES string of the molecule is COCCNC(=O)[C@H]1C[C@H](NC(=O)c2ccc(C)c(F)c2)[C@H](c2nc(-c3ccccc3)no2)C1. The topological polar surface area (TPSA) is 106 Å². The molecule has 1 heterocycles. The molecule has 0 unspecified atom stereocenters. The van der Waals surface area contributed by atoms with Gasteiger partial charge in [-0.25, -0.2) is 4.39 Å². The Morgan fingerprint density at radius 2 is 1.97 bits per heavy atom. The second kappa shape index (κ2) is 10.6. The van der Waals surface area contributed by atoms with E-state index in [0.29, 0.717) is 43.3 Å². The van der Waals surface area contributed by atoms with Gasteiger partial charge in [0.2, 0.25) is 17.6 Å². The Morgan fingerprint density at radius 3 is 2.71 bits per heavy atom. The number of nitrogens with one attached hydrogen (secondary N) is 2. The van der Waals surface area contributed by atoms with Crippen LogP contribution in [0, 0.1) is 18.7 Å². The van der Waals surface area contributed by atoms with E-state index in [2.05, 4.69) is 20.8 Å². The zero-order chi connectivity index (χ0) is 24.1. The quantitative estimate of drug-likeness (QED) is 0.494. The highest BCUT2D eigenvalue weighted by atomic mass is 19.1. The molecule has 1 aliphatic rings. The van der Waals surface area contributed by atoms with Crippen LogP contribution in [-0.4, -0.2) is 48.3 Å². The first-order valence-electron chi connectivity index (χ1n) is 11.2. The zero-order valence-electron chi connectivity index (χ0n) is 19.1. The van der Waals surface area contributed by atoms with Gasteiger partial charge in [-0.15, -0.1) is 0 Å². The van der Waals surface area contributed by atoms with Gasteiger partial charge in [0.1, 0.15) is 5.82 Å². The molecule has 4 rings (SSSR count). The van der Waals surface area contributed by atoms with Gasteiger partial charge in [-0.3, -0.25) is 9.59 Å². The summed E-state index contributed by atoms with van der Waals surface area (Å²) in [5.41, 5.74) is 1.48. The second-order valence-corrected chi connectivity index (χ2v) is 8.42. The molecule has 8 nitrogen and oxygen atoms in total. The van der Waals surface area contributed by atoms with Crippen LogP contribution in [0.5, 0.6) is 0 Å². The molecule has 2 N–H and O–H groups in total. The first-order chi connectivity index (χ1) is 16.5. The average molecular weight is 467 g/mol. The van der Waals surface area contributed by atoms with E-state index in [4.69, 9.17) is 9.26 Å². The summed E-state index contributed by atoms with van der Waals surface area (Å²) in [6.45, 7) is 2.44. The summed E-state index contributed by atoms with van der Waals surface area (Å²) < 4.78 is 24.6. The van der Waals surface area contributed by atoms with E-state index < -0.39 is 17.8 Å². The first kappa shape index (κ1) is 23.6. The summed E-state index contributed by atoms with van der Waals surface area (Å²) in [6, 6.07) is 13.3. The third kappa shape index (κ3) is 5.31. The number of ether oxygens (including phenoxy) is 1. The van der Waals surface area contributed by atoms with Crippen molar-refractivity contribution in [3.63, 3.8) is 0 Å². The molecule has 3 aromatic rings. The van der Waals surface area contributed by atoms with Crippen LogP contribution in [0.4, 0.5) is 4.39 Å². The van der Waals surface area contributed by atoms with Gasteiger partial charge in [-0.2, -0.15) is 4.98 Å². The van der Waals surface area contributed by atoms with Crippen molar-refractivity contribution in [1.82, 2.24) is 20.8 Å². The lowest BCUT2D eigenvalue weighted by atomic mass is 10.0. The number of carbonyl (C=O) groups is 2. The van der Waals surface area contributed by atoms with E-state index in [1.165, 1.54) is 6.07 Å². The summed E-state index contributed by atoms with van der Waals surface area (Å²) in [7, 11) is 1.57. The number of aromatic nitrogens is 2. The van der Waals surface area contributed by atoms with Crippen LogP contribution in [0.1, 0.15) is 40.6 Å². The van der Waals surface area contributed by atoms with Crippen molar-refractivity contribution >= 4 is 11.8 Å². The van der Waals surface area contributed by atoms with Crippen molar-refractivity contribution in [3.05, 3.63) is 71.4 Å². The van der Waals surface area contributed by atoms with Crippen molar-refractivity contribution in [3.8, 4) is 11.4 Å². The first-order valence-corrected chi connectivity index (χ1v) is 11.2. The van der Waals surface area contributed by atoms with E-state index >= 15 is 0 Å². The van der Waals surface area contributed by atoms with Crippen LogP contribution >= 0.6 is 0 Å². The number of nitrogens with zero attached hydrogens (tertiary/aromatic N) is 2. The third-order valence-electron chi connectivity index (χ3n) is 6.08. The Morgan fingerprint density at radius 1 is 1.18 bits per heavy atom. The predicted molar refractivity (Wildman–Crippen MR) is 122 cm³/mol. The summed E-state index contributed by atoms with van der Waals surface area (Å²) in [5.74, 6) is -0.910. The molecule has 0 aliphatic heterocycles. The summed E-state index contributed by atoms with van der Waals surface area (Å²) in [6.07, 6.45) is 0.828. The standard InChI is InChI=1S/C25H27FN4O4/c1-15-8-9-17(13-20(15)26)24(32)28-21-14-18(23(31)27-10-11-33-2)12-19(21)25-29-22(30-34-25)16-6-4-3-5-7-16/h3-9,13,18-19,21H,10-12,14H2,1-2H3,(H,27,31)(H,28,32)/t18-,19-,21+/m1/s1. The van der Waals surface area contributed by atoms with Crippen LogP contribution < -0.4 is 10.6 Å². The lowest BCUT2D eigenvalue weighted by molar-refractivity contribution is -0.125. The molecule has 9 heteroatoms. The van der Waals surface area contributed by atoms with Gasteiger partial charge in [0.05, 0.1) is 12.5 Å². The van der Waals surface area contributed by atoms with Gasteiger partial charge in [-0.05, 0) is 37.5 Å². The van der Waals surface area contributed by atoms with E-state index in [0.717, 1.165) is 5.56 Å². The molecule has 3 atom stereocenters. The van der Waals surface area contributed by atoms with Crippen molar-refractivity contribution in [1.29, 1.82) is 0 Å². The highest BCUT2D eigenvalue weighted by molar-refractivity contribution is 5.94. The van der Waals surface area contributed by atoms with Crippen molar-refractivity contribution < 1.29 is 23.2 Å². The fourth-order valence-electron chi connectivity index (χ4n) is 4.18. The van der Waals surface area contributed by atoms with Gasteiger partial charge >= 0.3 is 0 Å². The molecule has 1 fully saturated rings. The number of halogens is 1. The van der Waals surface area contributed by atoms with Crippen LogP contribution in [0.25, 0.3) is 11.4 Å². The normalized spacial score (nSPS) is 19.7. The Kier molecular flexibility index (Phi) is 7.32. The molecule has 1 saturated carbocycles. The Labute approximate surface area is 196 Å². The van der Waals surface area contributed by atoms with Crippen molar-refractivity contribution in [2.24, 2.45) is 5.92 Å². The number of benzene rings is 2. The lowest BCUT2D eigenvalue weighted by Gasteiger charge is -2.18. The maximum Gasteiger partial charge on any atom is 0.251 e. The molecule has 1 aliphatic carbocycles. The number of amides is 2. The third-order valence-corrected chi connectivity index (χ3v) is 6.08. The van der Waals surface area contributed by atoms with Crippen molar-refractivity contribution in [2.45, 2.75) is 31.7 Å². The summed E-state index contributed by atoms with van der Waals surface area (Å²) in [5, 5.41) is 9.90. The minimum Gasteiger partial charge on any atom is -0.383 e. The number of rotatable bonds is 8. The number of hydrogen-bond acceptors (Lipinski definition) is 6. The minimum absolute atomic E-state index is 0.122. The fraction of sp³-hybridized carbons (Fsp3) is 0.360. The summed E-state index contributed by atoms with van der Waals surface area (Å²) >= 11 is 0. The largest absolute Gasteiger partial charge is 0.383 e. The predicted octanol–water partition coefficient (Wildman–Crippen LogP) is 3.24. The van der Waals surface area contributed by atoms with E-state index in [1.807, 2.05) is 30.3 Å². The highest BCUT2D eigenvalue weighted by Gasteiger charge is 2.42. The number of methoxy groups -OCH3 is 1. The molecule has 0 radical (unpaired) electrons. The lowest BCUT2D eigenvalue weighted by Crippen LogP contribution is -2.37. The van der Waals surface area contributed by atoms with Gasteiger partial charge in [-0.1, -0.05) is 41.6 Å². The van der Waals surface area contributed by atoms with Crippen LogP contribution in [-0.2, 0) is 9.53 Å². The van der Waals surface area contributed by atoms with Gasteiger partial charge in [0, 0.05) is 36.7 Å². The van der Waals surface area contributed by atoms with E-state index in [-0.39, 0.29) is 23.3 Å². The van der Waals surface area contributed by atoms with Crippen LogP contribution in [0.15, 0.2) is 53.1 Å². The van der Waals surface area contributed by atoms with Crippen LogP contribution in [0.3, 0.4) is 0 Å². The average Bonchev–Trinajstić information content (AvgIpc) is 3.49. The maximum atomic E-state index is 14.0. The monoisotopic (exact) mass is 466 g/mol. The van der Waals surface area contributed by atoms with Gasteiger partial charge in [0.15, 0.2) is 0 Å². The van der Waals surface area contributed by atoms with Gasteiger partial charge < -0.3 is 19.9 Å². The molecule has 1 aromatic heterocycles. The highest BCUT2D eigenvalue weighted by Crippen LogP contribution is 2.39. The molecular formula is C25H27FN4O4. The van der Waals surface area contributed by atoms with E-state index in [9.17, 15) is 14.0 Å². The smallest absolute Gasteiger partial charge is 0.251 e. The fourth-order valence-corrected chi connectivity index (χ4v) is 4.18. The minimum atomic E-state index is -0.449. The number of carbonyl (C=O) groups excluding carboxylic acids is 2. The second-order valence-electron chi connectivity index (χ2n) is 8.42. The molecule has 0 saturated heterocycles.